The molecule has 0 aliphatic rings. The number of carbonyl (C=O) groups is 2. The molecule has 112 valence electrons. The Morgan fingerprint density at radius 2 is 1.60 bits per heavy atom. The van der Waals surface area contributed by atoms with E-state index < -0.39 is 24.0 Å². The summed E-state index contributed by atoms with van der Waals surface area (Å²) in [4.78, 5) is 20.0. The van der Waals surface area contributed by atoms with Crippen molar-refractivity contribution < 1.29 is 30.0 Å². The van der Waals surface area contributed by atoms with Crippen molar-refractivity contribution in [2.24, 2.45) is 11.5 Å². The highest BCUT2D eigenvalue weighted by Crippen LogP contribution is 2.25. The molecule has 2 atom stereocenters. The minimum atomic E-state index is -1.10. The molecule has 0 spiro atoms. The normalized spacial score (nSPS) is 12.8. The first-order valence-corrected chi connectivity index (χ1v) is 5.62. The van der Waals surface area contributed by atoms with E-state index in [1.54, 1.807) is 0 Å². The lowest BCUT2D eigenvalue weighted by molar-refractivity contribution is -0.139. The molecule has 0 unspecified atom stereocenters. The second-order valence-corrected chi connectivity index (χ2v) is 4.10. The van der Waals surface area contributed by atoms with E-state index in [4.69, 9.17) is 31.9 Å². The van der Waals surface area contributed by atoms with Gasteiger partial charge in [0, 0.05) is 0 Å². The Hall–Kier alpha value is -2.32. The zero-order valence-corrected chi connectivity index (χ0v) is 10.9. The van der Waals surface area contributed by atoms with Crippen molar-refractivity contribution in [1.82, 2.24) is 0 Å². The SMILES string of the molecule is C[C@@H](N)C(=O)O.N[C@@H](Cc1ccc(O)c(O)c1)C(=O)O. The minimum absolute atomic E-state index is 0.114. The molecule has 0 saturated heterocycles. The van der Waals surface area contributed by atoms with Gasteiger partial charge in [-0.15, -0.1) is 0 Å². The van der Waals surface area contributed by atoms with Crippen LogP contribution in [0.25, 0.3) is 0 Å². The molecule has 1 rings (SSSR count). The highest BCUT2D eigenvalue weighted by atomic mass is 16.4. The number of phenols is 2. The van der Waals surface area contributed by atoms with E-state index in [-0.39, 0.29) is 17.9 Å². The van der Waals surface area contributed by atoms with E-state index >= 15 is 0 Å². The quantitative estimate of drug-likeness (QED) is 0.401. The van der Waals surface area contributed by atoms with Gasteiger partial charge >= 0.3 is 11.9 Å². The molecule has 0 fully saturated rings. The number of phenolic OH excluding ortho intramolecular Hbond substituents is 2. The van der Waals surface area contributed by atoms with Crippen LogP contribution in [0.1, 0.15) is 12.5 Å². The fourth-order valence-corrected chi connectivity index (χ4v) is 1.04. The van der Waals surface area contributed by atoms with Crippen molar-refractivity contribution in [3.05, 3.63) is 23.8 Å². The highest BCUT2D eigenvalue weighted by molar-refractivity contribution is 5.73. The van der Waals surface area contributed by atoms with Gasteiger partial charge in [-0.1, -0.05) is 6.07 Å². The van der Waals surface area contributed by atoms with Crippen molar-refractivity contribution in [1.29, 1.82) is 0 Å². The van der Waals surface area contributed by atoms with Crippen LogP contribution < -0.4 is 11.5 Å². The number of benzene rings is 1. The molecule has 8 N–H and O–H groups in total. The first kappa shape index (κ1) is 17.7. The van der Waals surface area contributed by atoms with Crippen LogP contribution in [0.4, 0.5) is 0 Å². The third kappa shape index (κ3) is 6.57. The Bertz CT molecular complexity index is 475. The summed E-state index contributed by atoms with van der Waals surface area (Å²) < 4.78 is 0. The topological polar surface area (TPSA) is 167 Å². The molecule has 1 aromatic rings. The summed E-state index contributed by atoms with van der Waals surface area (Å²) in [6.45, 7) is 1.42. The van der Waals surface area contributed by atoms with Gasteiger partial charge in [0.2, 0.25) is 0 Å². The van der Waals surface area contributed by atoms with Gasteiger partial charge in [0.1, 0.15) is 12.1 Å². The van der Waals surface area contributed by atoms with E-state index in [9.17, 15) is 9.59 Å². The third-order valence-electron chi connectivity index (χ3n) is 2.20. The molecule has 0 aromatic heterocycles. The standard InChI is InChI=1S/C9H11NO4.C3H7NO2/c10-6(9(13)14)3-5-1-2-7(11)8(12)4-5;1-2(4)3(5)6/h1-2,4,6,11-12H,3,10H2,(H,13,14);2H,4H2,1H3,(H,5,6)/t6-;2-/m01/s1. The summed E-state index contributed by atoms with van der Waals surface area (Å²) >= 11 is 0. The molecule has 0 amide bonds. The number of carboxylic acid groups (broad SMARTS) is 2. The van der Waals surface area contributed by atoms with Crippen molar-refractivity contribution in [2.75, 3.05) is 0 Å². The summed E-state index contributed by atoms with van der Waals surface area (Å²) in [7, 11) is 0. The number of hydrogen-bond donors (Lipinski definition) is 6. The molecule has 8 heteroatoms. The third-order valence-corrected chi connectivity index (χ3v) is 2.20. The van der Waals surface area contributed by atoms with Crippen LogP contribution in [0.5, 0.6) is 11.5 Å². The lowest BCUT2D eigenvalue weighted by atomic mass is 10.1. The van der Waals surface area contributed by atoms with E-state index in [0.29, 0.717) is 5.56 Å². The zero-order valence-electron chi connectivity index (χ0n) is 10.9. The largest absolute Gasteiger partial charge is 0.504 e. The number of hydrogen-bond acceptors (Lipinski definition) is 6. The van der Waals surface area contributed by atoms with Crippen molar-refractivity contribution in [2.45, 2.75) is 25.4 Å². The van der Waals surface area contributed by atoms with Gasteiger partial charge in [0.05, 0.1) is 0 Å². The summed E-state index contributed by atoms with van der Waals surface area (Å²) in [5.41, 5.74) is 10.7. The number of rotatable bonds is 4. The van der Waals surface area contributed by atoms with Gasteiger partial charge in [-0.3, -0.25) is 9.59 Å². The molecular formula is C12H18N2O6. The van der Waals surface area contributed by atoms with Crippen LogP contribution in [0.2, 0.25) is 0 Å². The Balaban J connectivity index is 0.000000511. The predicted octanol–water partition coefficient (Wildman–Crippen LogP) is -0.530. The maximum absolute atomic E-state index is 10.4. The number of nitrogens with two attached hydrogens (primary N) is 2. The van der Waals surface area contributed by atoms with Crippen molar-refractivity contribution >= 4 is 11.9 Å². The van der Waals surface area contributed by atoms with Gasteiger partial charge < -0.3 is 31.9 Å². The Morgan fingerprint density at radius 1 is 1.10 bits per heavy atom. The highest BCUT2D eigenvalue weighted by Gasteiger charge is 2.12. The number of aliphatic carboxylic acids is 2. The molecule has 0 bridgehead atoms. The van der Waals surface area contributed by atoms with Gasteiger partial charge in [-0.05, 0) is 31.0 Å². The zero-order chi connectivity index (χ0) is 15.9. The monoisotopic (exact) mass is 286 g/mol. The number of aromatic hydroxyl groups is 2. The molecule has 0 aliphatic heterocycles. The molecule has 20 heavy (non-hydrogen) atoms. The first-order chi connectivity index (χ1) is 9.15. The smallest absolute Gasteiger partial charge is 0.320 e. The predicted molar refractivity (Wildman–Crippen MR) is 70.4 cm³/mol. The average molecular weight is 286 g/mol. The lowest BCUT2D eigenvalue weighted by Gasteiger charge is -2.06. The van der Waals surface area contributed by atoms with Gasteiger partial charge in [0.25, 0.3) is 0 Å². The second-order valence-electron chi connectivity index (χ2n) is 4.10. The van der Waals surface area contributed by atoms with Crippen LogP contribution in [0, 0.1) is 0 Å². The molecule has 8 nitrogen and oxygen atoms in total. The van der Waals surface area contributed by atoms with Gasteiger partial charge in [-0.2, -0.15) is 0 Å². The average Bonchev–Trinajstić information content (AvgIpc) is 2.34. The van der Waals surface area contributed by atoms with Crippen LogP contribution in [-0.4, -0.2) is 44.4 Å². The first-order valence-electron chi connectivity index (χ1n) is 5.62. The molecule has 1 aromatic carbocycles. The van der Waals surface area contributed by atoms with Crippen molar-refractivity contribution in [3.8, 4) is 11.5 Å². The van der Waals surface area contributed by atoms with Gasteiger partial charge in [0.15, 0.2) is 11.5 Å². The molecule has 0 heterocycles. The van der Waals surface area contributed by atoms with E-state index in [1.165, 1.54) is 25.1 Å². The van der Waals surface area contributed by atoms with Crippen molar-refractivity contribution in [3.63, 3.8) is 0 Å². The lowest BCUT2D eigenvalue weighted by Crippen LogP contribution is -2.32. The molecular weight excluding hydrogens is 268 g/mol. The number of carboxylic acids is 2. The van der Waals surface area contributed by atoms with Crippen LogP contribution in [0.3, 0.4) is 0 Å². The Morgan fingerprint density at radius 3 is 1.95 bits per heavy atom. The summed E-state index contributed by atoms with van der Waals surface area (Å²) in [5.74, 6) is -2.58. The summed E-state index contributed by atoms with van der Waals surface area (Å²) in [6, 6.07) is 2.36. The Kier molecular flexibility index (Phi) is 7.05. The van der Waals surface area contributed by atoms with E-state index in [1.807, 2.05) is 0 Å². The Labute approximate surface area is 115 Å². The van der Waals surface area contributed by atoms with Crippen LogP contribution >= 0.6 is 0 Å². The fourth-order valence-electron chi connectivity index (χ4n) is 1.04. The maximum atomic E-state index is 10.4. The molecule has 0 aliphatic carbocycles. The summed E-state index contributed by atoms with van der Waals surface area (Å²) in [5, 5.41) is 34.5. The molecule has 0 radical (unpaired) electrons. The fraction of sp³-hybridized carbons (Fsp3) is 0.333. The summed E-state index contributed by atoms with van der Waals surface area (Å²) in [6.07, 6.45) is 0.114. The van der Waals surface area contributed by atoms with Gasteiger partial charge in [-0.25, -0.2) is 0 Å². The minimum Gasteiger partial charge on any atom is -0.504 e. The van der Waals surface area contributed by atoms with Crippen LogP contribution in [0.15, 0.2) is 18.2 Å². The molecule has 0 saturated carbocycles. The second kappa shape index (κ2) is 7.97. The van der Waals surface area contributed by atoms with E-state index in [2.05, 4.69) is 0 Å². The van der Waals surface area contributed by atoms with E-state index in [0.717, 1.165) is 0 Å². The maximum Gasteiger partial charge on any atom is 0.320 e. The van der Waals surface area contributed by atoms with Crippen LogP contribution in [-0.2, 0) is 16.0 Å².